The summed E-state index contributed by atoms with van der Waals surface area (Å²) in [6, 6.07) is 0. The maximum atomic E-state index is 9.79. The van der Waals surface area contributed by atoms with Gasteiger partial charge in [-0.25, -0.2) is 0 Å². The first-order valence-corrected chi connectivity index (χ1v) is 2.59. The molecular formula is C6H10O4. The number of hydrogen-bond acceptors (Lipinski definition) is 3. The molecule has 0 aromatic heterocycles. The average molecular weight is 146 g/mol. The van der Waals surface area contributed by atoms with E-state index in [1.54, 1.807) is 0 Å². The Bertz CT molecular complexity index is 132. The number of carboxylic acids is 1. The van der Waals surface area contributed by atoms with Gasteiger partial charge in [-0.05, 0) is 0 Å². The van der Waals surface area contributed by atoms with Gasteiger partial charge >= 0.3 is 0 Å². The average Bonchev–Trinajstić information content (AvgIpc) is 1.63. The minimum atomic E-state index is -0.833. The predicted molar refractivity (Wildman–Crippen MR) is 34.7 cm³/mol. The first kappa shape index (κ1) is 11.6. The van der Waals surface area contributed by atoms with Gasteiger partial charge in [0.1, 0.15) is 0 Å². The van der Waals surface area contributed by atoms with Crippen LogP contribution in [0.3, 0.4) is 0 Å². The SMILES string of the molecule is CC(=O)C(C)=O.CC(=O)O. The highest BCUT2D eigenvalue weighted by atomic mass is 16.4. The molecular weight excluding hydrogens is 136 g/mol. The van der Waals surface area contributed by atoms with Crippen molar-refractivity contribution in [2.24, 2.45) is 0 Å². The zero-order valence-electron chi connectivity index (χ0n) is 6.17. The second kappa shape index (κ2) is 5.94. The van der Waals surface area contributed by atoms with E-state index in [4.69, 9.17) is 9.90 Å². The number of carbonyl (C=O) groups is 3. The molecule has 0 bridgehead atoms. The molecule has 0 atom stereocenters. The van der Waals surface area contributed by atoms with Crippen LogP contribution in [0.15, 0.2) is 0 Å². The molecule has 0 aromatic rings. The van der Waals surface area contributed by atoms with E-state index in [0.717, 1.165) is 6.92 Å². The topological polar surface area (TPSA) is 71.4 Å². The Hall–Kier alpha value is -1.19. The molecule has 0 fully saturated rings. The summed E-state index contributed by atoms with van der Waals surface area (Å²) < 4.78 is 0. The minimum absolute atomic E-state index is 0.380. The van der Waals surface area contributed by atoms with Gasteiger partial charge in [0.25, 0.3) is 5.97 Å². The largest absolute Gasteiger partial charge is 0.481 e. The predicted octanol–water partition coefficient (Wildman–Crippen LogP) is 0.255. The minimum Gasteiger partial charge on any atom is -0.481 e. The third-order valence-electron chi connectivity index (χ3n) is 0.496. The molecule has 0 aliphatic rings. The molecule has 1 N–H and O–H groups in total. The van der Waals surface area contributed by atoms with Crippen molar-refractivity contribution in [2.45, 2.75) is 20.8 Å². The fourth-order valence-corrected chi connectivity index (χ4v) is 0. The Balaban J connectivity index is 0. The molecule has 58 valence electrons. The molecule has 0 saturated carbocycles. The molecule has 4 heteroatoms. The summed E-state index contributed by atoms with van der Waals surface area (Å²) in [5.74, 6) is -1.59. The van der Waals surface area contributed by atoms with Crippen LogP contribution < -0.4 is 0 Å². The van der Waals surface area contributed by atoms with Crippen LogP contribution in [0, 0.1) is 0 Å². The van der Waals surface area contributed by atoms with Gasteiger partial charge in [-0.15, -0.1) is 0 Å². The third kappa shape index (κ3) is 29.1. The quantitative estimate of drug-likeness (QED) is 0.538. The van der Waals surface area contributed by atoms with Crippen molar-refractivity contribution in [1.82, 2.24) is 0 Å². The van der Waals surface area contributed by atoms with Crippen molar-refractivity contribution in [3.8, 4) is 0 Å². The van der Waals surface area contributed by atoms with Crippen molar-refractivity contribution < 1.29 is 19.5 Å². The lowest BCUT2D eigenvalue weighted by molar-refractivity contribution is -0.134. The second-order valence-electron chi connectivity index (χ2n) is 1.63. The molecule has 4 nitrogen and oxygen atoms in total. The first-order valence-electron chi connectivity index (χ1n) is 2.59. The fourth-order valence-electron chi connectivity index (χ4n) is 0. The van der Waals surface area contributed by atoms with E-state index in [1.807, 2.05) is 0 Å². The molecule has 0 aliphatic carbocycles. The van der Waals surface area contributed by atoms with Crippen molar-refractivity contribution in [3.63, 3.8) is 0 Å². The van der Waals surface area contributed by atoms with E-state index < -0.39 is 5.97 Å². The van der Waals surface area contributed by atoms with Gasteiger partial charge in [0.05, 0.1) is 0 Å². The van der Waals surface area contributed by atoms with Crippen molar-refractivity contribution in [3.05, 3.63) is 0 Å². The van der Waals surface area contributed by atoms with Crippen LogP contribution >= 0.6 is 0 Å². The molecule has 0 amide bonds. The summed E-state index contributed by atoms with van der Waals surface area (Å²) in [4.78, 5) is 28.6. The van der Waals surface area contributed by atoms with Crippen LogP contribution in [0.4, 0.5) is 0 Å². The maximum Gasteiger partial charge on any atom is 0.300 e. The Morgan fingerprint density at radius 1 is 0.900 bits per heavy atom. The van der Waals surface area contributed by atoms with Crippen LogP contribution in [0.5, 0.6) is 0 Å². The van der Waals surface area contributed by atoms with Gasteiger partial charge in [-0.2, -0.15) is 0 Å². The summed E-state index contributed by atoms with van der Waals surface area (Å²) in [5.41, 5.74) is 0. The van der Waals surface area contributed by atoms with E-state index in [1.165, 1.54) is 13.8 Å². The number of hydrogen-bond donors (Lipinski definition) is 1. The van der Waals surface area contributed by atoms with Crippen LogP contribution in [0.25, 0.3) is 0 Å². The fraction of sp³-hybridized carbons (Fsp3) is 0.500. The molecule has 0 aliphatic heterocycles. The third-order valence-corrected chi connectivity index (χ3v) is 0.496. The zero-order chi connectivity index (χ0) is 8.73. The van der Waals surface area contributed by atoms with Gasteiger partial charge in [0.2, 0.25) is 0 Å². The molecule has 10 heavy (non-hydrogen) atoms. The maximum absolute atomic E-state index is 9.79. The van der Waals surface area contributed by atoms with Crippen molar-refractivity contribution >= 4 is 17.5 Å². The van der Waals surface area contributed by atoms with Gasteiger partial charge in [-0.3, -0.25) is 14.4 Å². The summed E-state index contributed by atoms with van der Waals surface area (Å²) in [6.45, 7) is 3.59. The lowest BCUT2D eigenvalue weighted by Gasteiger charge is -1.73. The number of rotatable bonds is 1. The molecule has 0 aromatic carbocycles. The monoisotopic (exact) mass is 146 g/mol. The highest BCUT2D eigenvalue weighted by Crippen LogP contribution is 1.66. The Labute approximate surface area is 58.8 Å². The standard InChI is InChI=1S/C4H6O2.C2H4O2/c1-3(5)4(2)6;1-2(3)4/h1-2H3;1H3,(H,3,4). The Kier molecular flexibility index (Phi) is 6.88. The second-order valence-corrected chi connectivity index (χ2v) is 1.63. The van der Waals surface area contributed by atoms with Crippen molar-refractivity contribution in [1.29, 1.82) is 0 Å². The Morgan fingerprint density at radius 2 is 1.00 bits per heavy atom. The number of aliphatic carboxylic acids is 1. The van der Waals surface area contributed by atoms with E-state index in [2.05, 4.69) is 0 Å². The van der Waals surface area contributed by atoms with Crippen LogP contribution in [-0.2, 0) is 14.4 Å². The smallest absolute Gasteiger partial charge is 0.300 e. The number of carboxylic acid groups (broad SMARTS) is 1. The van der Waals surface area contributed by atoms with E-state index in [0.29, 0.717) is 0 Å². The number of Topliss-reactive ketones (excluding diaryl/α,β-unsaturated/α-hetero) is 2. The van der Waals surface area contributed by atoms with E-state index in [-0.39, 0.29) is 11.6 Å². The lowest BCUT2D eigenvalue weighted by atomic mass is 10.3. The number of carbonyl (C=O) groups excluding carboxylic acids is 2. The first-order chi connectivity index (χ1) is 4.37. The van der Waals surface area contributed by atoms with Gasteiger partial charge in [0.15, 0.2) is 11.6 Å². The van der Waals surface area contributed by atoms with Gasteiger partial charge in [-0.1, -0.05) is 0 Å². The van der Waals surface area contributed by atoms with Crippen LogP contribution in [0.1, 0.15) is 20.8 Å². The lowest BCUT2D eigenvalue weighted by Crippen LogP contribution is -2.01. The van der Waals surface area contributed by atoms with Crippen molar-refractivity contribution in [2.75, 3.05) is 0 Å². The number of ketones is 2. The van der Waals surface area contributed by atoms with Crippen LogP contribution in [0.2, 0.25) is 0 Å². The molecule has 0 spiro atoms. The normalized spacial score (nSPS) is 7.10. The molecule has 0 heterocycles. The molecule has 0 rings (SSSR count). The molecule has 0 radical (unpaired) electrons. The molecule has 0 saturated heterocycles. The zero-order valence-corrected chi connectivity index (χ0v) is 6.17. The summed E-state index contributed by atoms with van der Waals surface area (Å²) in [6.07, 6.45) is 0. The highest BCUT2D eigenvalue weighted by Gasteiger charge is 1.94. The van der Waals surface area contributed by atoms with Gasteiger partial charge in [0, 0.05) is 20.8 Å². The van der Waals surface area contributed by atoms with Gasteiger partial charge < -0.3 is 5.11 Å². The van der Waals surface area contributed by atoms with Crippen LogP contribution in [-0.4, -0.2) is 22.6 Å². The van der Waals surface area contributed by atoms with E-state index >= 15 is 0 Å². The Morgan fingerprint density at radius 3 is 1.00 bits per heavy atom. The summed E-state index contributed by atoms with van der Waals surface area (Å²) in [5, 5.41) is 7.42. The summed E-state index contributed by atoms with van der Waals surface area (Å²) >= 11 is 0. The highest BCUT2D eigenvalue weighted by molar-refractivity contribution is 6.35. The summed E-state index contributed by atoms with van der Waals surface area (Å²) in [7, 11) is 0. The van der Waals surface area contributed by atoms with E-state index in [9.17, 15) is 9.59 Å². The molecule has 0 unspecified atom stereocenters.